The molecule has 1 saturated heterocycles. The first-order valence-electron chi connectivity index (χ1n) is 6.03. The first-order chi connectivity index (χ1) is 9.49. The fourth-order valence-corrected chi connectivity index (χ4v) is 2.11. The standard InChI is InChI=1S/C13H14N2O5/c1-8(16)20-12-10(7-9-5-3-2-4-6-9)11(17)15(12)14-13(18)19/h2-6,10,12,14H,7H2,1H3,(H,18,19)/t10-,12+/m1/s1. The topological polar surface area (TPSA) is 95.9 Å². The second-order valence-corrected chi connectivity index (χ2v) is 4.42. The molecule has 1 aliphatic rings. The van der Waals surface area contributed by atoms with Gasteiger partial charge in [0.2, 0.25) is 6.23 Å². The second-order valence-electron chi connectivity index (χ2n) is 4.42. The highest BCUT2D eigenvalue weighted by Crippen LogP contribution is 2.29. The van der Waals surface area contributed by atoms with Gasteiger partial charge in [0.25, 0.3) is 5.91 Å². The number of carbonyl (C=O) groups is 3. The Morgan fingerprint density at radius 2 is 2.00 bits per heavy atom. The van der Waals surface area contributed by atoms with Crippen LogP contribution < -0.4 is 5.43 Å². The number of carboxylic acid groups (broad SMARTS) is 1. The van der Waals surface area contributed by atoms with Crippen molar-refractivity contribution in [1.82, 2.24) is 10.4 Å². The van der Waals surface area contributed by atoms with Gasteiger partial charge < -0.3 is 9.84 Å². The molecule has 0 aliphatic carbocycles. The van der Waals surface area contributed by atoms with E-state index in [4.69, 9.17) is 9.84 Å². The van der Waals surface area contributed by atoms with Crippen molar-refractivity contribution >= 4 is 18.0 Å². The molecule has 2 rings (SSSR count). The molecule has 106 valence electrons. The van der Waals surface area contributed by atoms with Crippen LogP contribution in [0.5, 0.6) is 0 Å². The molecular weight excluding hydrogens is 264 g/mol. The summed E-state index contributed by atoms with van der Waals surface area (Å²) in [5.74, 6) is -1.56. The van der Waals surface area contributed by atoms with E-state index in [2.05, 4.69) is 0 Å². The zero-order valence-electron chi connectivity index (χ0n) is 10.8. The van der Waals surface area contributed by atoms with Gasteiger partial charge in [-0.25, -0.2) is 15.2 Å². The van der Waals surface area contributed by atoms with Crippen molar-refractivity contribution in [1.29, 1.82) is 0 Å². The monoisotopic (exact) mass is 278 g/mol. The molecular formula is C13H14N2O5. The number of nitrogens with zero attached hydrogens (tertiary/aromatic N) is 1. The molecule has 7 nitrogen and oxygen atoms in total. The van der Waals surface area contributed by atoms with Crippen molar-refractivity contribution in [2.75, 3.05) is 0 Å². The number of rotatable bonds is 4. The first-order valence-corrected chi connectivity index (χ1v) is 6.03. The molecule has 0 aromatic heterocycles. The minimum absolute atomic E-state index is 0.384. The molecule has 1 aromatic carbocycles. The Morgan fingerprint density at radius 3 is 2.55 bits per heavy atom. The molecule has 2 N–H and O–H groups in total. The van der Waals surface area contributed by atoms with Gasteiger partial charge >= 0.3 is 12.1 Å². The maximum atomic E-state index is 11.9. The number of benzene rings is 1. The van der Waals surface area contributed by atoms with Crippen LogP contribution in [0.2, 0.25) is 0 Å². The van der Waals surface area contributed by atoms with Crippen LogP contribution in [-0.4, -0.2) is 34.3 Å². The van der Waals surface area contributed by atoms with Crippen molar-refractivity contribution in [3.05, 3.63) is 35.9 Å². The van der Waals surface area contributed by atoms with Gasteiger partial charge in [0.1, 0.15) is 5.92 Å². The number of amides is 2. The lowest BCUT2D eigenvalue weighted by Crippen LogP contribution is -2.68. The molecule has 0 radical (unpaired) electrons. The zero-order chi connectivity index (χ0) is 14.7. The van der Waals surface area contributed by atoms with E-state index in [-0.39, 0.29) is 0 Å². The highest BCUT2D eigenvalue weighted by atomic mass is 16.6. The molecule has 7 heteroatoms. The SMILES string of the molecule is CC(=O)O[C@H]1[C@H](Cc2ccccc2)C(=O)N1NC(=O)O. The summed E-state index contributed by atoms with van der Waals surface area (Å²) in [4.78, 5) is 33.5. The molecule has 0 bridgehead atoms. The second kappa shape index (κ2) is 5.60. The molecule has 0 spiro atoms. The summed E-state index contributed by atoms with van der Waals surface area (Å²) < 4.78 is 5.00. The van der Waals surface area contributed by atoms with Crippen molar-refractivity contribution in [2.45, 2.75) is 19.6 Å². The van der Waals surface area contributed by atoms with Gasteiger partial charge in [0, 0.05) is 6.92 Å². The van der Waals surface area contributed by atoms with Crippen LogP contribution in [0.1, 0.15) is 12.5 Å². The minimum Gasteiger partial charge on any atom is -0.464 e. The van der Waals surface area contributed by atoms with E-state index >= 15 is 0 Å². The van der Waals surface area contributed by atoms with E-state index in [0.29, 0.717) is 6.42 Å². The average Bonchev–Trinajstić information content (AvgIpc) is 2.41. The number of β-lactam (4-membered cyclic amide) rings is 1. The van der Waals surface area contributed by atoms with Gasteiger partial charge in [0.05, 0.1) is 0 Å². The van der Waals surface area contributed by atoms with E-state index < -0.39 is 30.1 Å². The molecule has 1 aliphatic heterocycles. The van der Waals surface area contributed by atoms with Gasteiger partial charge in [-0.3, -0.25) is 9.59 Å². The van der Waals surface area contributed by atoms with Crippen molar-refractivity contribution in [2.24, 2.45) is 5.92 Å². The molecule has 2 amide bonds. The fourth-order valence-electron chi connectivity index (χ4n) is 2.11. The highest BCUT2D eigenvalue weighted by Gasteiger charge is 2.50. The Kier molecular flexibility index (Phi) is 3.88. The molecule has 1 fully saturated rings. The third-order valence-corrected chi connectivity index (χ3v) is 2.95. The van der Waals surface area contributed by atoms with E-state index in [1.165, 1.54) is 6.92 Å². The van der Waals surface area contributed by atoms with Crippen LogP contribution >= 0.6 is 0 Å². The van der Waals surface area contributed by atoms with Gasteiger partial charge in [0.15, 0.2) is 0 Å². The molecule has 1 heterocycles. The predicted octanol–water partition coefficient (Wildman–Crippen LogP) is 0.759. The largest absolute Gasteiger partial charge is 0.464 e. The summed E-state index contributed by atoms with van der Waals surface area (Å²) in [5.41, 5.74) is 2.84. The normalized spacial score (nSPS) is 21.1. The Morgan fingerprint density at radius 1 is 1.35 bits per heavy atom. The van der Waals surface area contributed by atoms with Crippen LogP contribution in [-0.2, 0) is 20.7 Å². The molecule has 2 atom stereocenters. The summed E-state index contributed by atoms with van der Waals surface area (Å²) >= 11 is 0. The fraction of sp³-hybridized carbons (Fsp3) is 0.308. The van der Waals surface area contributed by atoms with E-state index in [1.807, 2.05) is 35.8 Å². The maximum Gasteiger partial charge on any atom is 0.423 e. The molecule has 20 heavy (non-hydrogen) atoms. The first kappa shape index (κ1) is 13.9. The van der Waals surface area contributed by atoms with E-state index in [0.717, 1.165) is 10.6 Å². The molecule has 1 aromatic rings. The smallest absolute Gasteiger partial charge is 0.423 e. The van der Waals surface area contributed by atoms with Gasteiger partial charge in [-0.1, -0.05) is 30.3 Å². The Hall–Kier alpha value is -2.57. The third kappa shape index (κ3) is 2.87. The van der Waals surface area contributed by atoms with Crippen LogP contribution in [0, 0.1) is 5.92 Å². The number of esters is 1. The number of hydrazine groups is 1. The van der Waals surface area contributed by atoms with Gasteiger partial charge in [-0.2, -0.15) is 0 Å². The number of hydrogen-bond donors (Lipinski definition) is 2. The Labute approximate surface area is 115 Å². The van der Waals surface area contributed by atoms with Crippen LogP contribution in [0.25, 0.3) is 0 Å². The number of nitrogens with one attached hydrogen (secondary N) is 1. The lowest BCUT2D eigenvalue weighted by Gasteiger charge is -2.44. The van der Waals surface area contributed by atoms with Crippen LogP contribution in [0.4, 0.5) is 4.79 Å². The van der Waals surface area contributed by atoms with Crippen molar-refractivity contribution < 1.29 is 24.2 Å². The number of ether oxygens (including phenoxy) is 1. The summed E-state index contributed by atoms with van der Waals surface area (Å²) in [7, 11) is 0. The number of carbonyl (C=O) groups excluding carboxylic acids is 2. The maximum absolute atomic E-state index is 11.9. The zero-order valence-corrected chi connectivity index (χ0v) is 10.8. The van der Waals surface area contributed by atoms with Crippen molar-refractivity contribution in [3.63, 3.8) is 0 Å². The van der Waals surface area contributed by atoms with Crippen LogP contribution in [0.3, 0.4) is 0 Å². The summed E-state index contributed by atoms with van der Waals surface area (Å²) in [5, 5.41) is 9.47. The lowest BCUT2D eigenvalue weighted by atomic mass is 9.90. The van der Waals surface area contributed by atoms with Crippen LogP contribution in [0.15, 0.2) is 30.3 Å². The minimum atomic E-state index is -1.38. The van der Waals surface area contributed by atoms with E-state index in [9.17, 15) is 14.4 Å². The summed E-state index contributed by atoms with van der Waals surface area (Å²) in [6.45, 7) is 1.21. The summed E-state index contributed by atoms with van der Waals surface area (Å²) in [6.07, 6.45) is -1.90. The lowest BCUT2D eigenvalue weighted by molar-refractivity contribution is -0.204. The van der Waals surface area contributed by atoms with Crippen molar-refractivity contribution in [3.8, 4) is 0 Å². The quantitative estimate of drug-likeness (QED) is 0.626. The summed E-state index contributed by atoms with van der Waals surface area (Å²) in [6, 6.07) is 9.24. The Balaban J connectivity index is 2.09. The number of hydrogen-bond acceptors (Lipinski definition) is 4. The van der Waals surface area contributed by atoms with E-state index in [1.54, 1.807) is 0 Å². The van der Waals surface area contributed by atoms with Gasteiger partial charge in [-0.05, 0) is 12.0 Å². The third-order valence-electron chi connectivity index (χ3n) is 2.95. The van der Waals surface area contributed by atoms with Gasteiger partial charge in [-0.15, -0.1) is 0 Å². The molecule has 0 saturated carbocycles. The molecule has 0 unspecified atom stereocenters. The average molecular weight is 278 g/mol. The predicted molar refractivity (Wildman–Crippen MR) is 67.2 cm³/mol. The Bertz CT molecular complexity index is 531. The highest BCUT2D eigenvalue weighted by molar-refractivity contribution is 5.88.